The van der Waals surface area contributed by atoms with Crippen molar-refractivity contribution in [3.8, 4) is 5.75 Å². The van der Waals surface area contributed by atoms with Crippen molar-refractivity contribution in [2.75, 3.05) is 5.32 Å². The Morgan fingerprint density at radius 1 is 1.12 bits per heavy atom. The van der Waals surface area contributed by atoms with Crippen molar-refractivity contribution in [1.29, 1.82) is 0 Å². The van der Waals surface area contributed by atoms with E-state index in [4.69, 9.17) is 11.5 Å². The number of nitrogens with two attached hydrogens (primary N) is 2. The van der Waals surface area contributed by atoms with Crippen LogP contribution in [0.15, 0.2) is 58.8 Å². The molecule has 7 nitrogen and oxygen atoms in total. The van der Waals surface area contributed by atoms with Gasteiger partial charge in [-0.3, -0.25) is 4.98 Å². The number of pyridine rings is 1. The number of alkyl halides is 3. The number of hydrogen-bond donors (Lipinski definition) is 3. The van der Waals surface area contributed by atoms with E-state index in [2.05, 4.69) is 25.0 Å². The summed E-state index contributed by atoms with van der Waals surface area (Å²) in [5.74, 6) is -0.545. The molecule has 0 aliphatic heterocycles. The summed E-state index contributed by atoms with van der Waals surface area (Å²) in [5.41, 5.74) is 12.2. The smallest absolute Gasteiger partial charge is 0.406 e. The predicted molar refractivity (Wildman–Crippen MR) is 91.1 cm³/mol. The van der Waals surface area contributed by atoms with E-state index in [1.807, 2.05) is 0 Å². The SMILES string of the molecule is Cl.NC(=Nc1ccc(OC(F)(F)F)cc1)N=C(N)Nc1cccnc1. The summed E-state index contributed by atoms with van der Waals surface area (Å²) in [6.45, 7) is 0. The maximum Gasteiger partial charge on any atom is 0.573 e. The quantitative estimate of drug-likeness (QED) is 0.565. The summed E-state index contributed by atoms with van der Waals surface area (Å²) >= 11 is 0. The van der Waals surface area contributed by atoms with Gasteiger partial charge in [0.05, 0.1) is 17.6 Å². The first kappa shape index (κ1) is 20.0. The lowest BCUT2D eigenvalue weighted by Gasteiger charge is -2.08. The first-order chi connectivity index (χ1) is 11.3. The van der Waals surface area contributed by atoms with Crippen molar-refractivity contribution in [2.45, 2.75) is 6.36 Å². The lowest BCUT2D eigenvalue weighted by molar-refractivity contribution is -0.274. The molecule has 0 bridgehead atoms. The van der Waals surface area contributed by atoms with Gasteiger partial charge >= 0.3 is 6.36 Å². The van der Waals surface area contributed by atoms with Crippen LogP contribution in [0.3, 0.4) is 0 Å². The fourth-order valence-corrected chi connectivity index (χ4v) is 1.62. The summed E-state index contributed by atoms with van der Waals surface area (Å²) in [5, 5.41) is 2.75. The monoisotopic (exact) mass is 374 g/mol. The Labute approximate surface area is 147 Å². The predicted octanol–water partition coefficient (Wildman–Crippen LogP) is 2.78. The van der Waals surface area contributed by atoms with Gasteiger partial charge in [-0.15, -0.1) is 25.6 Å². The average molecular weight is 375 g/mol. The molecular formula is C14H14ClF3N6O. The molecule has 5 N–H and O–H groups in total. The van der Waals surface area contributed by atoms with Gasteiger partial charge in [0.15, 0.2) is 0 Å². The number of nitrogens with zero attached hydrogens (tertiary/aromatic N) is 3. The highest BCUT2D eigenvalue weighted by atomic mass is 35.5. The van der Waals surface area contributed by atoms with Crippen LogP contribution in [0, 0.1) is 0 Å². The number of aliphatic imine (C=N–C) groups is 2. The fourth-order valence-electron chi connectivity index (χ4n) is 1.62. The first-order valence-electron chi connectivity index (χ1n) is 6.53. The summed E-state index contributed by atoms with van der Waals surface area (Å²) in [7, 11) is 0. The van der Waals surface area contributed by atoms with E-state index in [-0.39, 0.29) is 30.1 Å². The molecule has 0 atom stereocenters. The highest BCUT2D eigenvalue weighted by molar-refractivity contribution is 6.01. The van der Waals surface area contributed by atoms with E-state index in [9.17, 15) is 13.2 Å². The molecule has 0 aliphatic rings. The van der Waals surface area contributed by atoms with E-state index >= 15 is 0 Å². The summed E-state index contributed by atoms with van der Waals surface area (Å²) < 4.78 is 39.9. The fraction of sp³-hybridized carbons (Fsp3) is 0.0714. The van der Waals surface area contributed by atoms with Crippen molar-refractivity contribution in [3.63, 3.8) is 0 Å². The summed E-state index contributed by atoms with van der Waals surface area (Å²) in [6, 6.07) is 8.25. The molecule has 0 aliphatic carbocycles. The zero-order chi connectivity index (χ0) is 17.6. The second-order valence-electron chi connectivity index (χ2n) is 4.38. The van der Waals surface area contributed by atoms with Crippen LogP contribution in [0.2, 0.25) is 0 Å². The van der Waals surface area contributed by atoms with Crippen molar-refractivity contribution < 1.29 is 17.9 Å². The normalized spacial score (nSPS) is 12.3. The number of nitrogens with one attached hydrogen (secondary N) is 1. The number of rotatable bonds is 3. The topological polar surface area (TPSA) is 111 Å². The maximum atomic E-state index is 12.1. The van der Waals surface area contributed by atoms with Gasteiger partial charge in [-0.05, 0) is 36.4 Å². The van der Waals surface area contributed by atoms with Crippen molar-refractivity contribution >= 4 is 35.7 Å². The number of benzene rings is 1. The first-order valence-corrected chi connectivity index (χ1v) is 6.53. The molecule has 0 fully saturated rings. The van der Waals surface area contributed by atoms with E-state index in [1.54, 1.807) is 18.3 Å². The molecular weight excluding hydrogens is 361 g/mol. The Hall–Kier alpha value is -3.01. The Balaban J connectivity index is 0.00000312. The minimum Gasteiger partial charge on any atom is -0.406 e. The third-order valence-electron chi connectivity index (χ3n) is 2.48. The molecule has 0 spiro atoms. The molecule has 0 saturated carbocycles. The van der Waals surface area contributed by atoms with Gasteiger partial charge in [0.2, 0.25) is 11.9 Å². The third-order valence-corrected chi connectivity index (χ3v) is 2.48. The molecule has 1 heterocycles. The van der Waals surface area contributed by atoms with Crippen LogP contribution in [0.1, 0.15) is 0 Å². The van der Waals surface area contributed by atoms with Crippen molar-refractivity contribution in [2.24, 2.45) is 21.5 Å². The Morgan fingerprint density at radius 2 is 1.80 bits per heavy atom. The number of hydrogen-bond acceptors (Lipinski definition) is 3. The molecule has 2 aromatic rings. The number of halogens is 4. The Bertz CT molecular complexity index is 734. The number of ether oxygens (including phenoxy) is 1. The molecule has 0 saturated heterocycles. The van der Waals surface area contributed by atoms with Gasteiger partial charge in [-0.25, -0.2) is 4.99 Å². The van der Waals surface area contributed by atoms with Gasteiger partial charge in [0.25, 0.3) is 0 Å². The standard InChI is InChI=1S/C14H13F3N6O.ClH/c15-14(16,17)24-11-5-3-9(4-6-11)21-12(18)23-13(19)22-10-2-1-7-20-8-10;/h1-8H,(H5,18,19,21,22,23);1H. The van der Waals surface area contributed by atoms with Crippen LogP contribution in [0.5, 0.6) is 5.75 Å². The molecule has 0 amide bonds. The van der Waals surface area contributed by atoms with Crippen molar-refractivity contribution in [1.82, 2.24) is 4.98 Å². The second-order valence-corrected chi connectivity index (χ2v) is 4.38. The average Bonchev–Trinajstić information content (AvgIpc) is 2.48. The van der Waals surface area contributed by atoms with Gasteiger partial charge in [-0.1, -0.05) is 0 Å². The van der Waals surface area contributed by atoms with Gasteiger partial charge < -0.3 is 21.5 Å². The van der Waals surface area contributed by atoms with Crippen LogP contribution < -0.4 is 21.5 Å². The highest BCUT2D eigenvalue weighted by Crippen LogP contribution is 2.24. The molecule has 0 unspecified atom stereocenters. The molecule has 25 heavy (non-hydrogen) atoms. The second kappa shape index (κ2) is 8.73. The molecule has 1 aromatic heterocycles. The zero-order valence-electron chi connectivity index (χ0n) is 12.6. The van der Waals surface area contributed by atoms with E-state index < -0.39 is 6.36 Å². The maximum absolute atomic E-state index is 12.1. The van der Waals surface area contributed by atoms with Crippen LogP contribution in [0.25, 0.3) is 0 Å². The summed E-state index contributed by atoms with van der Waals surface area (Å²) in [4.78, 5) is 11.6. The number of aromatic nitrogens is 1. The third kappa shape index (κ3) is 7.40. The van der Waals surface area contributed by atoms with Gasteiger partial charge in [0.1, 0.15) is 5.75 Å². The van der Waals surface area contributed by atoms with Crippen LogP contribution >= 0.6 is 12.4 Å². The molecule has 11 heteroatoms. The Kier molecular flexibility index (Phi) is 7.00. The zero-order valence-corrected chi connectivity index (χ0v) is 13.4. The van der Waals surface area contributed by atoms with E-state index in [0.717, 1.165) is 12.1 Å². The largest absolute Gasteiger partial charge is 0.573 e. The number of anilines is 1. The minimum absolute atomic E-state index is 0. The van der Waals surface area contributed by atoms with Crippen LogP contribution in [-0.2, 0) is 0 Å². The molecule has 2 rings (SSSR count). The minimum atomic E-state index is -4.75. The molecule has 0 radical (unpaired) electrons. The summed E-state index contributed by atoms with van der Waals surface area (Å²) in [6.07, 6.45) is -1.61. The van der Waals surface area contributed by atoms with Crippen molar-refractivity contribution in [3.05, 3.63) is 48.8 Å². The van der Waals surface area contributed by atoms with Gasteiger partial charge in [0, 0.05) is 6.20 Å². The highest BCUT2D eigenvalue weighted by Gasteiger charge is 2.30. The lowest BCUT2D eigenvalue weighted by atomic mass is 10.3. The Morgan fingerprint density at radius 3 is 2.36 bits per heavy atom. The molecule has 134 valence electrons. The van der Waals surface area contributed by atoms with E-state index in [1.165, 1.54) is 18.3 Å². The van der Waals surface area contributed by atoms with Gasteiger partial charge in [-0.2, -0.15) is 4.99 Å². The molecule has 1 aromatic carbocycles. The lowest BCUT2D eigenvalue weighted by Crippen LogP contribution is -2.26. The number of guanidine groups is 2. The van der Waals surface area contributed by atoms with E-state index in [0.29, 0.717) is 11.4 Å². The van der Waals surface area contributed by atoms with Crippen LogP contribution in [-0.4, -0.2) is 23.3 Å². The van der Waals surface area contributed by atoms with Crippen LogP contribution in [0.4, 0.5) is 24.5 Å².